The first-order chi connectivity index (χ1) is 12.4. The second-order valence-electron chi connectivity index (χ2n) is 6.26. The Balaban J connectivity index is 1.69. The van der Waals surface area contributed by atoms with Crippen molar-refractivity contribution in [3.8, 4) is 5.75 Å². The minimum absolute atomic E-state index is 0.0284. The van der Waals surface area contributed by atoms with Crippen LogP contribution in [0.15, 0.2) is 48.5 Å². The third kappa shape index (κ3) is 4.15. The Bertz CT molecular complexity index is 809. The van der Waals surface area contributed by atoms with Gasteiger partial charge in [0, 0.05) is 30.1 Å². The van der Waals surface area contributed by atoms with Crippen LogP contribution in [0.3, 0.4) is 0 Å². The molecule has 1 aliphatic heterocycles. The molecule has 0 aliphatic carbocycles. The lowest BCUT2D eigenvalue weighted by Crippen LogP contribution is -2.45. The molecule has 0 saturated carbocycles. The topological polar surface area (TPSA) is 89.9 Å². The number of β-amino-alcohol motifs (C(OH)–C–C–N with tert-alkyl or cyclic N) is 1. The van der Waals surface area contributed by atoms with Crippen molar-refractivity contribution in [2.75, 3.05) is 6.54 Å². The largest absolute Gasteiger partial charge is 0.508 e. The third-order valence-electron chi connectivity index (χ3n) is 4.32. The standard InChI is InChI=1S/C19H19ClN2O4/c20-14-6-4-12(5-7-14)10-21-18(25)17-9-16(24)11-22(17)19(26)13-2-1-3-15(23)8-13/h1-8,16-17,23-24H,9-11H2,(H,21,25). The second kappa shape index (κ2) is 7.76. The molecular weight excluding hydrogens is 356 g/mol. The average molecular weight is 375 g/mol. The molecule has 2 aromatic carbocycles. The van der Waals surface area contributed by atoms with E-state index in [1.165, 1.54) is 17.0 Å². The van der Waals surface area contributed by atoms with E-state index in [0.717, 1.165) is 5.56 Å². The predicted molar refractivity (Wildman–Crippen MR) is 96.9 cm³/mol. The zero-order chi connectivity index (χ0) is 18.7. The van der Waals surface area contributed by atoms with E-state index < -0.39 is 18.1 Å². The Morgan fingerprint density at radius 3 is 2.62 bits per heavy atom. The molecule has 0 radical (unpaired) electrons. The Morgan fingerprint density at radius 2 is 1.92 bits per heavy atom. The van der Waals surface area contributed by atoms with Gasteiger partial charge in [-0.25, -0.2) is 0 Å². The Hall–Kier alpha value is -2.57. The van der Waals surface area contributed by atoms with Crippen LogP contribution >= 0.6 is 11.6 Å². The van der Waals surface area contributed by atoms with Crippen molar-refractivity contribution in [3.05, 3.63) is 64.7 Å². The zero-order valence-electron chi connectivity index (χ0n) is 13.9. The van der Waals surface area contributed by atoms with Gasteiger partial charge in [0.1, 0.15) is 11.8 Å². The van der Waals surface area contributed by atoms with E-state index in [0.29, 0.717) is 11.6 Å². The number of hydrogen-bond acceptors (Lipinski definition) is 4. The lowest BCUT2D eigenvalue weighted by atomic mass is 10.1. The smallest absolute Gasteiger partial charge is 0.254 e. The summed E-state index contributed by atoms with van der Waals surface area (Å²) in [5.41, 5.74) is 1.15. The summed E-state index contributed by atoms with van der Waals surface area (Å²) < 4.78 is 0. The van der Waals surface area contributed by atoms with Crippen molar-refractivity contribution in [1.82, 2.24) is 10.2 Å². The van der Waals surface area contributed by atoms with Gasteiger partial charge < -0.3 is 20.4 Å². The number of amides is 2. The van der Waals surface area contributed by atoms with E-state index in [1.807, 2.05) is 12.1 Å². The van der Waals surface area contributed by atoms with E-state index in [4.69, 9.17) is 11.6 Å². The Labute approximate surface area is 156 Å². The van der Waals surface area contributed by atoms with Crippen LogP contribution < -0.4 is 5.32 Å². The van der Waals surface area contributed by atoms with Gasteiger partial charge in [0.15, 0.2) is 0 Å². The highest BCUT2D eigenvalue weighted by Gasteiger charge is 2.39. The summed E-state index contributed by atoms with van der Waals surface area (Å²) in [6.45, 7) is 0.379. The van der Waals surface area contributed by atoms with E-state index in [1.54, 1.807) is 24.3 Å². The highest BCUT2D eigenvalue weighted by Crippen LogP contribution is 2.22. The number of likely N-dealkylation sites (tertiary alicyclic amines) is 1. The van der Waals surface area contributed by atoms with Crippen LogP contribution in [-0.4, -0.2) is 45.6 Å². The van der Waals surface area contributed by atoms with Crippen LogP contribution in [0.4, 0.5) is 0 Å². The van der Waals surface area contributed by atoms with Crippen LogP contribution in [0, 0.1) is 0 Å². The maximum Gasteiger partial charge on any atom is 0.254 e. The fourth-order valence-electron chi connectivity index (χ4n) is 3.00. The number of carbonyl (C=O) groups excluding carboxylic acids is 2. The van der Waals surface area contributed by atoms with E-state index in [9.17, 15) is 19.8 Å². The number of nitrogens with one attached hydrogen (secondary N) is 1. The van der Waals surface area contributed by atoms with Crippen molar-refractivity contribution in [2.45, 2.75) is 25.1 Å². The van der Waals surface area contributed by atoms with Gasteiger partial charge in [-0.2, -0.15) is 0 Å². The highest BCUT2D eigenvalue weighted by atomic mass is 35.5. The molecule has 136 valence electrons. The maximum atomic E-state index is 12.7. The van der Waals surface area contributed by atoms with Crippen molar-refractivity contribution >= 4 is 23.4 Å². The number of aliphatic hydroxyl groups is 1. The number of hydrogen-bond donors (Lipinski definition) is 3. The van der Waals surface area contributed by atoms with Crippen LogP contribution in [0.1, 0.15) is 22.3 Å². The fourth-order valence-corrected chi connectivity index (χ4v) is 3.13. The van der Waals surface area contributed by atoms with E-state index >= 15 is 0 Å². The quantitative estimate of drug-likeness (QED) is 0.762. The number of carbonyl (C=O) groups is 2. The Morgan fingerprint density at radius 1 is 1.19 bits per heavy atom. The summed E-state index contributed by atoms with van der Waals surface area (Å²) in [6, 6.07) is 12.3. The number of phenolic OH excluding ortho intramolecular Hbond substituents is 1. The number of aromatic hydroxyl groups is 1. The molecule has 0 bridgehead atoms. The molecule has 2 atom stereocenters. The molecule has 2 unspecified atom stereocenters. The first-order valence-electron chi connectivity index (χ1n) is 8.24. The molecule has 0 spiro atoms. The van der Waals surface area contributed by atoms with E-state index in [2.05, 4.69) is 5.32 Å². The van der Waals surface area contributed by atoms with Crippen molar-refractivity contribution < 1.29 is 19.8 Å². The van der Waals surface area contributed by atoms with Gasteiger partial charge in [0.2, 0.25) is 5.91 Å². The molecule has 1 saturated heterocycles. The molecule has 26 heavy (non-hydrogen) atoms. The minimum Gasteiger partial charge on any atom is -0.508 e. The van der Waals surface area contributed by atoms with Crippen molar-refractivity contribution in [3.63, 3.8) is 0 Å². The molecule has 2 aromatic rings. The van der Waals surface area contributed by atoms with E-state index in [-0.39, 0.29) is 30.2 Å². The predicted octanol–water partition coefficient (Wildman–Crippen LogP) is 1.94. The molecule has 2 amide bonds. The summed E-state index contributed by atoms with van der Waals surface area (Å²) in [6.07, 6.45) is -0.584. The van der Waals surface area contributed by atoms with Crippen LogP contribution in [0.5, 0.6) is 5.75 Å². The lowest BCUT2D eigenvalue weighted by molar-refractivity contribution is -0.125. The normalized spacial score (nSPS) is 19.4. The molecule has 0 aromatic heterocycles. The van der Waals surface area contributed by atoms with Crippen LogP contribution in [-0.2, 0) is 11.3 Å². The summed E-state index contributed by atoms with van der Waals surface area (Å²) in [5.74, 6) is -0.756. The molecule has 3 N–H and O–H groups in total. The lowest BCUT2D eigenvalue weighted by Gasteiger charge is -2.23. The molecule has 3 rings (SSSR count). The highest BCUT2D eigenvalue weighted by molar-refractivity contribution is 6.30. The van der Waals surface area contributed by atoms with Crippen LogP contribution in [0.25, 0.3) is 0 Å². The minimum atomic E-state index is -0.762. The molecular formula is C19H19ClN2O4. The third-order valence-corrected chi connectivity index (χ3v) is 4.57. The average Bonchev–Trinajstić information content (AvgIpc) is 3.02. The summed E-state index contributed by atoms with van der Waals surface area (Å²) in [4.78, 5) is 26.6. The van der Waals surface area contributed by atoms with Crippen molar-refractivity contribution in [1.29, 1.82) is 0 Å². The van der Waals surface area contributed by atoms with Crippen LogP contribution in [0.2, 0.25) is 5.02 Å². The summed E-state index contributed by atoms with van der Waals surface area (Å²) in [7, 11) is 0. The van der Waals surface area contributed by atoms with Crippen molar-refractivity contribution in [2.24, 2.45) is 0 Å². The number of nitrogens with zero attached hydrogens (tertiary/aromatic N) is 1. The molecule has 1 aliphatic rings. The fraction of sp³-hybridized carbons (Fsp3) is 0.263. The molecule has 7 heteroatoms. The molecule has 1 heterocycles. The van der Waals surface area contributed by atoms with Gasteiger partial charge in [-0.1, -0.05) is 29.8 Å². The number of benzene rings is 2. The first kappa shape index (κ1) is 18.2. The monoisotopic (exact) mass is 374 g/mol. The Kier molecular flexibility index (Phi) is 5.44. The second-order valence-corrected chi connectivity index (χ2v) is 6.69. The van der Waals surface area contributed by atoms with Gasteiger partial charge in [-0.3, -0.25) is 9.59 Å². The van der Waals surface area contributed by atoms with Gasteiger partial charge in [0.25, 0.3) is 5.91 Å². The molecule has 6 nitrogen and oxygen atoms in total. The SMILES string of the molecule is O=C(NCc1ccc(Cl)cc1)C1CC(O)CN1C(=O)c1cccc(O)c1. The number of phenols is 1. The van der Waals surface area contributed by atoms with Gasteiger partial charge >= 0.3 is 0 Å². The van der Waals surface area contributed by atoms with Gasteiger partial charge in [-0.05, 0) is 35.9 Å². The number of halogens is 1. The number of rotatable bonds is 4. The summed E-state index contributed by atoms with van der Waals surface area (Å²) in [5, 5.41) is 22.9. The van der Waals surface area contributed by atoms with Gasteiger partial charge in [0.05, 0.1) is 6.10 Å². The summed E-state index contributed by atoms with van der Waals surface area (Å²) >= 11 is 5.84. The zero-order valence-corrected chi connectivity index (χ0v) is 14.7. The first-order valence-corrected chi connectivity index (χ1v) is 8.62. The molecule has 1 fully saturated rings. The van der Waals surface area contributed by atoms with Gasteiger partial charge in [-0.15, -0.1) is 0 Å². The number of aliphatic hydroxyl groups excluding tert-OH is 1. The maximum absolute atomic E-state index is 12.7.